The predicted molar refractivity (Wildman–Crippen MR) is 113 cm³/mol. The molecule has 0 saturated heterocycles. The van der Waals surface area contributed by atoms with Crippen molar-refractivity contribution in [3.8, 4) is 0 Å². The second kappa shape index (κ2) is 11.7. The summed E-state index contributed by atoms with van der Waals surface area (Å²) in [5.74, 6) is -2.78. The Kier molecular flexibility index (Phi) is 9.29. The first-order valence-corrected chi connectivity index (χ1v) is 11.7. The molecule has 1 aromatic carbocycles. The van der Waals surface area contributed by atoms with Crippen LogP contribution >= 0.6 is 0 Å². The number of carbonyl (C=O) groups excluding carboxylic acids is 2. The van der Waals surface area contributed by atoms with Crippen LogP contribution in [0.1, 0.15) is 25.7 Å². The summed E-state index contributed by atoms with van der Waals surface area (Å²) in [6.45, 7) is 0.299. The van der Waals surface area contributed by atoms with E-state index < -0.39 is 27.7 Å². The van der Waals surface area contributed by atoms with Crippen molar-refractivity contribution in [3.05, 3.63) is 40.8 Å². The van der Waals surface area contributed by atoms with Crippen molar-refractivity contribution in [3.63, 3.8) is 0 Å². The molecule has 1 aliphatic rings. The number of benzene rings is 1. The topological polar surface area (TPSA) is 148 Å². The first kappa shape index (κ1) is 24.6. The van der Waals surface area contributed by atoms with Gasteiger partial charge in [-0.1, -0.05) is 23.3 Å². The van der Waals surface area contributed by atoms with Crippen molar-refractivity contribution in [2.24, 2.45) is 17.0 Å². The van der Waals surface area contributed by atoms with Gasteiger partial charge in [-0.15, -0.1) is 0 Å². The summed E-state index contributed by atoms with van der Waals surface area (Å²) < 4.78 is 35.1. The van der Waals surface area contributed by atoms with Gasteiger partial charge in [-0.2, -0.15) is 0 Å². The summed E-state index contributed by atoms with van der Waals surface area (Å²) >= 11 is 0. The van der Waals surface area contributed by atoms with Crippen LogP contribution in [0.4, 0.5) is 0 Å². The Labute approximate surface area is 181 Å². The van der Waals surface area contributed by atoms with E-state index in [2.05, 4.69) is 24.8 Å². The van der Waals surface area contributed by atoms with E-state index in [1.165, 1.54) is 14.2 Å². The fraction of sp³-hybridized carbons (Fsp3) is 0.600. The van der Waals surface area contributed by atoms with E-state index in [9.17, 15) is 18.0 Å². The third-order valence-electron chi connectivity index (χ3n) is 5.52. The number of hydrogen-bond acceptors (Lipinski definition) is 8. The van der Waals surface area contributed by atoms with Crippen molar-refractivity contribution >= 4 is 21.8 Å². The molecule has 1 aromatic rings. The fourth-order valence-corrected chi connectivity index (χ4v) is 5.60. The molecule has 170 valence electrons. The fourth-order valence-electron chi connectivity index (χ4n) is 3.91. The average molecular weight is 453 g/mol. The molecule has 1 fully saturated rings. The number of carbonyl (C=O) groups is 2. The number of esters is 2. The summed E-state index contributed by atoms with van der Waals surface area (Å²) in [5, 5.41) is 7.07. The first-order chi connectivity index (χ1) is 14.8. The van der Waals surface area contributed by atoms with E-state index in [4.69, 9.17) is 5.53 Å². The Morgan fingerprint density at radius 1 is 1.19 bits per heavy atom. The molecule has 0 spiro atoms. The van der Waals surface area contributed by atoms with Crippen molar-refractivity contribution in [1.82, 2.24) is 5.32 Å². The summed E-state index contributed by atoms with van der Waals surface area (Å²) in [5.41, 5.74) is 8.77. The second-order valence-electron chi connectivity index (χ2n) is 7.47. The zero-order valence-electron chi connectivity index (χ0n) is 17.6. The number of nitrogens with one attached hydrogen (secondary N) is 1. The van der Waals surface area contributed by atoms with Gasteiger partial charge in [0.15, 0.2) is 15.8 Å². The summed E-state index contributed by atoms with van der Waals surface area (Å²) in [6.07, 6.45) is 1.83. The Morgan fingerprint density at radius 2 is 1.84 bits per heavy atom. The van der Waals surface area contributed by atoms with E-state index >= 15 is 0 Å². The monoisotopic (exact) mass is 452 g/mol. The minimum Gasteiger partial charge on any atom is -0.468 e. The molecule has 0 bridgehead atoms. The van der Waals surface area contributed by atoms with E-state index in [1.807, 2.05) is 0 Å². The number of methoxy groups -OCH3 is 2. The largest absolute Gasteiger partial charge is 0.468 e. The molecule has 11 heteroatoms. The zero-order chi connectivity index (χ0) is 22.9. The lowest BCUT2D eigenvalue weighted by Gasteiger charge is -2.35. The van der Waals surface area contributed by atoms with Crippen LogP contribution in [-0.4, -0.2) is 59.0 Å². The quantitative estimate of drug-likeness (QED) is 0.188. The lowest BCUT2D eigenvalue weighted by atomic mass is 9.83. The van der Waals surface area contributed by atoms with Crippen LogP contribution in [0.3, 0.4) is 0 Å². The molecular formula is C20H28N4O6S. The Morgan fingerprint density at radius 3 is 2.42 bits per heavy atom. The normalized spacial score (nSPS) is 21.2. The predicted octanol–water partition coefficient (Wildman–Crippen LogP) is 2.25. The van der Waals surface area contributed by atoms with E-state index in [1.54, 1.807) is 30.3 Å². The molecule has 1 saturated carbocycles. The SMILES string of the molecule is COC(=O)C(CCN[C@H]1CC[C@@H](N=[N+]=[N-])C[C@H]1CS(=O)(=O)c1ccccc1)C(=O)OC. The molecule has 0 heterocycles. The number of hydrogen-bond donors (Lipinski definition) is 1. The maximum atomic E-state index is 12.9. The van der Waals surface area contributed by atoms with Crippen molar-refractivity contribution in [2.75, 3.05) is 26.5 Å². The highest BCUT2D eigenvalue weighted by Gasteiger charge is 2.34. The van der Waals surface area contributed by atoms with Crippen LogP contribution in [0, 0.1) is 11.8 Å². The van der Waals surface area contributed by atoms with Gasteiger partial charge < -0.3 is 14.8 Å². The van der Waals surface area contributed by atoms with Crippen LogP contribution in [-0.2, 0) is 28.9 Å². The first-order valence-electron chi connectivity index (χ1n) is 10.0. The second-order valence-corrected chi connectivity index (χ2v) is 9.51. The summed E-state index contributed by atoms with van der Waals surface area (Å²) in [7, 11) is -1.13. The average Bonchev–Trinajstić information content (AvgIpc) is 2.77. The molecule has 0 aromatic heterocycles. The third kappa shape index (κ3) is 6.95. The molecule has 10 nitrogen and oxygen atoms in total. The van der Waals surface area contributed by atoms with Gasteiger partial charge >= 0.3 is 11.9 Å². The van der Waals surface area contributed by atoms with Crippen LogP contribution in [0.5, 0.6) is 0 Å². The molecule has 31 heavy (non-hydrogen) atoms. The molecule has 0 aliphatic heterocycles. The van der Waals surface area contributed by atoms with Crippen LogP contribution in [0.25, 0.3) is 10.4 Å². The molecule has 3 atom stereocenters. The van der Waals surface area contributed by atoms with Gasteiger partial charge in [-0.3, -0.25) is 9.59 Å². The molecule has 0 radical (unpaired) electrons. The Bertz CT molecular complexity index is 886. The smallest absolute Gasteiger partial charge is 0.320 e. The summed E-state index contributed by atoms with van der Waals surface area (Å²) in [6, 6.07) is 7.78. The highest BCUT2D eigenvalue weighted by Crippen LogP contribution is 2.30. The number of azide groups is 1. The molecule has 0 amide bonds. The van der Waals surface area contributed by atoms with Gasteiger partial charge in [0.2, 0.25) is 0 Å². The van der Waals surface area contributed by atoms with Gasteiger partial charge in [0.1, 0.15) is 0 Å². The van der Waals surface area contributed by atoms with E-state index in [-0.39, 0.29) is 35.1 Å². The van der Waals surface area contributed by atoms with Crippen LogP contribution in [0.15, 0.2) is 40.3 Å². The maximum Gasteiger partial charge on any atom is 0.320 e. The molecule has 1 aliphatic carbocycles. The standard InChI is InChI=1S/C20H28N4O6S/c1-29-19(25)17(20(26)30-2)10-11-22-18-9-8-15(23-24-21)12-14(18)13-31(27,28)16-6-4-3-5-7-16/h3-7,14-15,17-18,22H,8-13H2,1-2H3/t14-,15+,18-/m0/s1. The lowest BCUT2D eigenvalue weighted by Crippen LogP contribution is -2.45. The number of rotatable bonds is 10. The van der Waals surface area contributed by atoms with Crippen LogP contribution in [0.2, 0.25) is 0 Å². The number of sulfone groups is 1. The van der Waals surface area contributed by atoms with Gasteiger partial charge in [-0.05, 0) is 55.8 Å². The van der Waals surface area contributed by atoms with Crippen molar-refractivity contribution in [1.29, 1.82) is 0 Å². The van der Waals surface area contributed by atoms with Crippen molar-refractivity contribution in [2.45, 2.75) is 42.7 Å². The van der Waals surface area contributed by atoms with Crippen LogP contribution < -0.4 is 5.32 Å². The van der Waals surface area contributed by atoms with E-state index in [0.29, 0.717) is 25.8 Å². The summed E-state index contributed by atoms with van der Waals surface area (Å²) in [4.78, 5) is 26.8. The molecule has 2 rings (SSSR count). The molecular weight excluding hydrogens is 424 g/mol. The van der Waals surface area contributed by atoms with Gasteiger partial charge in [0.25, 0.3) is 0 Å². The van der Waals surface area contributed by atoms with Gasteiger partial charge in [0, 0.05) is 17.0 Å². The number of ether oxygens (including phenoxy) is 2. The highest BCUT2D eigenvalue weighted by atomic mass is 32.2. The number of nitrogens with zero attached hydrogens (tertiary/aromatic N) is 3. The lowest BCUT2D eigenvalue weighted by molar-refractivity contribution is -0.159. The van der Waals surface area contributed by atoms with E-state index in [0.717, 1.165) is 0 Å². The minimum atomic E-state index is -3.53. The van der Waals surface area contributed by atoms with Gasteiger partial charge in [0.05, 0.1) is 24.9 Å². The minimum absolute atomic E-state index is 0.0937. The van der Waals surface area contributed by atoms with Crippen molar-refractivity contribution < 1.29 is 27.5 Å². The maximum absolute atomic E-state index is 12.9. The third-order valence-corrected chi connectivity index (χ3v) is 7.37. The highest BCUT2D eigenvalue weighted by molar-refractivity contribution is 7.91. The Hall–Kier alpha value is -2.62. The Balaban J connectivity index is 2.09. The van der Waals surface area contributed by atoms with Gasteiger partial charge in [-0.25, -0.2) is 8.42 Å². The molecule has 1 N–H and O–H groups in total. The zero-order valence-corrected chi connectivity index (χ0v) is 18.5. The molecule has 0 unspecified atom stereocenters.